The van der Waals surface area contributed by atoms with Crippen LogP contribution in [0.25, 0.3) is 0 Å². The van der Waals surface area contributed by atoms with Crippen molar-refractivity contribution >= 4 is 11.9 Å². The molecule has 0 bridgehead atoms. The minimum atomic E-state index is -0.359. The smallest absolute Gasteiger partial charge is 0.311 e. The molecule has 1 N–H and O–H groups in total. The Balaban J connectivity index is 1.59. The fraction of sp³-hybridized carbons (Fsp3) is 0.889. The normalized spacial score (nSPS) is 33.9. The van der Waals surface area contributed by atoms with E-state index in [2.05, 4.69) is 10.2 Å². The molecule has 23 heavy (non-hydrogen) atoms. The number of likely N-dealkylation sites (tertiary alicyclic amines) is 1. The Morgan fingerprint density at radius 3 is 2.52 bits per heavy atom. The lowest BCUT2D eigenvalue weighted by Crippen LogP contribution is -2.45. The number of hydrogen-bond donors (Lipinski definition) is 1. The highest BCUT2D eigenvalue weighted by Crippen LogP contribution is 2.44. The van der Waals surface area contributed by atoms with Crippen molar-refractivity contribution in [2.75, 3.05) is 26.2 Å². The summed E-state index contributed by atoms with van der Waals surface area (Å²) in [5.74, 6) is 0.262. The Morgan fingerprint density at radius 2 is 1.91 bits per heavy atom. The number of hydrogen-bond acceptors (Lipinski definition) is 4. The first-order valence-electron chi connectivity index (χ1n) is 9.15. The minimum absolute atomic E-state index is 0.0685. The van der Waals surface area contributed by atoms with Crippen molar-refractivity contribution in [1.82, 2.24) is 10.2 Å². The molecule has 1 amide bonds. The fourth-order valence-electron chi connectivity index (χ4n) is 4.61. The molecule has 2 aliphatic heterocycles. The van der Waals surface area contributed by atoms with Crippen molar-refractivity contribution in [1.29, 1.82) is 0 Å². The lowest BCUT2D eigenvalue weighted by Gasteiger charge is -2.40. The standard InChI is InChI=1S/C18H30N2O3/c1-3-23-16(22)17(2)6-4-14(5-7-17)20-13-18(12-15(20)21)8-10-19-11-9-18/h14,19H,3-13H2,1-2H3. The summed E-state index contributed by atoms with van der Waals surface area (Å²) in [5.41, 5.74) is -0.147. The zero-order valence-electron chi connectivity index (χ0n) is 14.5. The van der Waals surface area contributed by atoms with Crippen LogP contribution in [0.2, 0.25) is 0 Å². The van der Waals surface area contributed by atoms with E-state index in [1.807, 2.05) is 13.8 Å². The average molecular weight is 322 g/mol. The van der Waals surface area contributed by atoms with Crippen LogP contribution in [0.4, 0.5) is 0 Å². The quantitative estimate of drug-likeness (QED) is 0.809. The van der Waals surface area contributed by atoms with E-state index in [0.29, 0.717) is 18.6 Å². The van der Waals surface area contributed by atoms with Gasteiger partial charge in [0.25, 0.3) is 0 Å². The van der Waals surface area contributed by atoms with Gasteiger partial charge in [0, 0.05) is 19.0 Å². The number of rotatable bonds is 3. The number of esters is 1. The molecule has 3 fully saturated rings. The first-order valence-corrected chi connectivity index (χ1v) is 9.15. The van der Waals surface area contributed by atoms with E-state index >= 15 is 0 Å². The maximum atomic E-state index is 12.6. The summed E-state index contributed by atoms with van der Waals surface area (Å²) in [5, 5.41) is 3.40. The van der Waals surface area contributed by atoms with Crippen molar-refractivity contribution in [3.8, 4) is 0 Å². The molecule has 5 nitrogen and oxygen atoms in total. The van der Waals surface area contributed by atoms with Crippen LogP contribution in [0.15, 0.2) is 0 Å². The molecule has 1 aliphatic carbocycles. The Morgan fingerprint density at radius 1 is 1.26 bits per heavy atom. The lowest BCUT2D eigenvalue weighted by molar-refractivity contribution is -0.157. The van der Waals surface area contributed by atoms with Crippen LogP contribution in [0.3, 0.4) is 0 Å². The summed E-state index contributed by atoms with van der Waals surface area (Å²) in [7, 11) is 0. The minimum Gasteiger partial charge on any atom is -0.466 e. The molecule has 5 heteroatoms. The van der Waals surface area contributed by atoms with Crippen molar-refractivity contribution < 1.29 is 14.3 Å². The zero-order chi connectivity index (χ0) is 16.5. The second kappa shape index (κ2) is 6.42. The van der Waals surface area contributed by atoms with Crippen molar-refractivity contribution in [2.45, 2.75) is 64.8 Å². The molecule has 130 valence electrons. The largest absolute Gasteiger partial charge is 0.466 e. The van der Waals surface area contributed by atoms with Crippen LogP contribution >= 0.6 is 0 Å². The van der Waals surface area contributed by atoms with Gasteiger partial charge in [-0.3, -0.25) is 9.59 Å². The summed E-state index contributed by atoms with van der Waals surface area (Å²) in [4.78, 5) is 26.8. The van der Waals surface area contributed by atoms with E-state index in [0.717, 1.165) is 64.6 Å². The maximum Gasteiger partial charge on any atom is 0.311 e. The average Bonchev–Trinajstić information content (AvgIpc) is 2.85. The topological polar surface area (TPSA) is 58.6 Å². The van der Waals surface area contributed by atoms with Gasteiger partial charge >= 0.3 is 5.97 Å². The number of nitrogens with one attached hydrogen (secondary N) is 1. The predicted molar refractivity (Wildman–Crippen MR) is 87.9 cm³/mol. The second-order valence-electron chi connectivity index (χ2n) is 7.96. The molecular weight excluding hydrogens is 292 g/mol. The first kappa shape index (κ1) is 16.7. The number of ether oxygens (including phenoxy) is 1. The molecule has 2 heterocycles. The number of amides is 1. The van der Waals surface area contributed by atoms with Gasteiger partial charge in [-0.15, -0.1) is 0 Å². The molecule has 0 aromatic rings. The Bertz CT molecular complexity index is 463. The maximum absolute atomic E-state index is 12.6. The highest BCUT2D eigenvalue weighted by Gasteiger charge is 2.48. The van der Waals surface area contributed by atoms with Gasteiger partial charge in [0.05, 0.1) is 12.0 Å². The second-order valence-corrected chi connectivity index (χ2v) is 7.96. The van der Waals surface area contributed by atoms with E-state index in [9.17, 15) is 9.59 Å². The van der Waals surface area contributed by atoms with Crippen LogP contribution in [-0.4, -0.2) is 49.1 Å². The molecule has 0 atom stereocenters. The van der Waals surface area contributed by atoms with Gasteiger partial charge in [0.2, 0.25) is 5.91 Å². The van der Waals surface area contributed by atoms with Gasteiger partial charge in [-0.25, -0.2) is 0 Å². The van der Waals surface area contributed by atoms with Gasteiger partial charge < -0.3 is 15.0 Å². The van der Waals surface area contributed by atoms with Gasteiger partial charge in [0.15, 0.2) is 0 Å². The molecule has 0 aromatic heterocycles. The van der Waals surface area contributed by atoms with Crippen molar-refractivity contribution in [3.63, 3.8) is 0 Å². The van der Waals surface area contributed by atoms with E-state index in [1.165, 1.54) is 0 Å². The highest BCUT2D eigenvalue weighted by atomic mass is 16.5. The third-order valence-corrected chi connectivity index (χ3v) is 6.28. The van der Waals surface area contributed by atoms with E-state index in [-0.39, 0.29) is 16.8 Å². The molecule has 3 rings (SSSR count). The third-order valence-electron chi connectivity index (χ3n) is 6.28. The third kappa shape index (κ3) is 3.25. The summed E-state index contributed by atoms with van der Waals surface area (Å²) in [6.07, 6.45) is 6.46. The Labute approximate surface area is 139 Å². The lowest BCUT2D eigenvalue weighted by atomic mass is 9.73. The number of carbonyl (C=O) groups is 2. The number of carbonyl (C=O) groups excluding carboxylic acids is 2. The van der Waals surface area contributed by atoms with Crippen molar-refractivity contribution in [3.05, 3.63) is 0 Å². The summed E-state index contributed by atoms with van der Waals surface area (Å²) >= 11 is 0. The predicted octanol–water partition coefficient (Wildman–Crippen LogP) is 2.10. The molecule has 0 aromatic carbocycles. The Kier molecular flexibility index (Phi) is 4.68. The molecule has 0 unspecified atom stereocenters. The van der Waals surface area contributed by atoms with Crippen LogP contribution in [-0.2, 0) is 14.3 Å². The molecule has 3 aliphatic rings. The fourth-order valence-corrected chi connectivity index (χ4v) is 4.61. The molecule has 0 radical (unpaired) electrons. The SMILES string of the molecule is CCOC(=O)C1(C)CCC(N2CC3(CCNCC3)CC2=O)CC1. The number of piperidine rings is 1. The molecular formula is C18H30N2O3. The van der Waals surface area contributed by atoms with Crippen LogP contribution in [0, 0.1) is 10.8 Å². The highest BCUT2D eigenvalue weighted by molar-refractivity contribution is 5.80. The zero-order valence-corrected chi connectivity index (χ0v) is 14.5. The molecule has 1 spiro atoms. The van der Waals surface area contributed by atoms with Crippen LogP contribution in [0.5, 0.6) is 0 Å². The Hall–Kier alpha value is -1.10. The number of nitrogens with zero attached hydrogens (tertiary/aromatic N) is 1. The van der Waals surface area contributed by atoms with Gasteiger partial charge in [-0.1, -0.05) is 0 Å². The summed E-state index contributed by atoms with van der Waals surface area (Å²) < 4.78 is 5.23. The summed E-state index contributed by atoms with van der Waals surface area (Å²) in [6, 6.07) is 0.319. The van der Waals surface area contributed by atoms with E-state index in [1.54, 1.807) is 0 Å². The van der Waals surface area contributed by atoms with Gasteiger partial charge in [0.1, 0.15) is 0 Å². The molecule has 2 saturated heterocycles. The summed E-state index contributed by atoms with van der Waals surface area (Å²) in [6.45, 7) is 7.31. The van der Waals surface area contributed by atoms with E-state index < -0.39 is 0 Å². The van der Waals surface area contributed by atoms with Gasteiger partial charge in [-0.2, -0.15) is 0 Å². The van der Waals surface area contributed by atoms with Crippen LogP contribution < -0.4 is 5.32 Å². The van der Waals surface area contributed by atoms with Gasteiger partial charge in [-0.05, 0) is 70.9 Å². The molecule has 1 saturated carbocycles. The van der Waals surface area contributed by atoms with Crippen molar-refractivity contribution in [2.24, 2.45) is 10.8 Å². The van der Waals surface area contributed by atoms with E-state index in [4.69, 9.17) is 4.74 Å². The first-order chi connectivity index (χ1) is 11.0. The van der Waals surface area contributed by atoms with Crippen LogP contribution in [0.1, 0.15) is 58.8 Å². The monoisotopic (exact) mass is 322 g/mol.